The third-order valence-electron chi connectivity index (χ3n) is 5.90. The molecule has 8 heteroatoms. The van der Waals surface area contributed by atoms with Crippen molar-refractivity contribution in [3.63, 3.8) is 0 Å². The number of hydrogen-bond donors (Lipinski definition) is 2. The Labute approximate surface area is 203 Å². The fourth-order valence-electron chi connectivity index (χ4n) is 4.01. The Balaban J connectivity index is 1.30. The fraction of sp³-hybridized carbons (Fsp3) is 0.269. The molecule has 0 amide bonds. The highest BCUT2D eigenvalue weighted by molar-refractivity contribution is 7.14. The van der Waals surface area contributed by atoms with Crippen LogP contribution in [0.3, 0.4) is 0 Å². The van der Waals surface area contributed by atoms with Crippen LogP contribution in [0.25, 0.3) is 11.3 Å². The second kappa shape index (κ2) is 10.2. The van der Waals surface area contributed by atoms with E-state index in [0.29, 0.717) is 17.6 Å². The van der Waals surface area contributed by atoms with Crippen molar-refractivity contribution in [3.8, 4) is 22.1 Å². The lowest BCUT2D eigenvalue weighted by atomic mass is 10.2. The number of pyridine rings is 2. The molecule has 1 aromatic carbocycles. The summed E-state index contributed by atoms with van der Waals surface area (Å²) in [5, 5.41) is 8.47. The third-order valence-corrected chi connectivity index (χ3v) is 6.98. The Bertz CT molecular complexity index is 1230. The minimum absolute atomic E-state index is 0.541. The predicted octanol–water partition coefficient (Wildman–Crippen LogP) is 5.50. The summed E-state index contributed by atoms with van der Waals surface area (Å²) >= 11 is 1.58. The maximum atomic E-state index is 6.28. The van der Waals surface area contributed by atoms with Crippen LogP contribution in [0.1, 0.15) is 18.4 Å². The van der Waals surface area contributed by atoms with Crippen LogP contribution in [-0.4, -0.2) is 41.1 Å². The topological polar surface area (TPSA) is 75.2 Å². The molecule has 5 rings (SSSR count). The molecule has 34 heavy (non-hydrogen) atoms. The van der Waals surface area contributed by atoms with Gasteiger partial charge in [-0.05, 0) is 38.1 Å². The van der Waals surface area contributed by atoms with Crippen LogP contribution in [0.4, 0.5) is 17.3 Å². The molecule has 1 fully saturated rings. The van der Waals surface area contributed by atoms with Gasteiger partial charge in [0.25, 0.3) is 0 Å². The quantitative estimate of drug-likeness (QED) is 0.351. The summed E-state index contributed by atoms with van der Waals surface area (Å²) in [6.07, 6.45) is 5.67. The SMILES string of the molecule is CCc1nc(-c2ccccc2)c(Oc2ccnc(Nc3ccc(N4CCC(NC)C4)cn3)c2)s1. The zero-order chi connectivity index (χ0) is 23.3. The van der Waals surface area contributed by atoms with Crippen LogP contribution in [0.15, 0.2) is 67.0 Å². The zero-order valence-electron chi connectivity index (χ0n) is 19.4. The van der Waals surface area contributed by atoms with E-state index in [1.54, 1.807) is 17.5 Å². The highest BCUT2D eigenvalue weighted by Crippen LogP contribution is 2.39. The van der Waals surface area contributed by atoms with Gasteiger partial charge in [0.2, 0.25) is 5.06 Å². The molecule has 4 heterocycles. The molecule has 4 aromatic rings. The van der Waals surface area contributed by atoms with Crippen molar-refractivity contribution in [1.29, 1.82) is 0 Å². The van der Waals surface area contributed by atoms with Crippen molar-refractivity contribution in [2.45, 2.75) is 25.8 Å². The number of rotatable bonds is 8. The molecule has 0 aliphatic carbocycles. The third kappa shape index (κ3) is 5.03. The number of nitrogens with one attached hydrogen (secondary N) is 2. The Kier molecular flexibility index (Phi) is 6.69. The number of likely N-dealkylation sites (N-methyl/N-ethyl adjacent to an activating group) is 1. The van der Waals surface area contributed by atoms with Crippen LogP contribution < -0.4 is 20.3 Å². The average Bonchev–Trinajstić information content (AvgIpc) is 3.53. The minimum atomic E-state index is 0.541. The number of aryl methyl sites for hydroxylation is 1. The zero-order valence-corrected chi connectivity index (χ0v) is 20.2. The van der Waals surface area contributed by atoms with Gasteiger partial charge in [0.1, 0.15) is 23.1 Å². The van der Waals surface area contributed by atoms with Gasteiger partial charge in [0, 0.05) is 37.0 Å². The molecule has 1 saturated heterocycles. The van der Waals surface area contributed by atoms with Crippen LogP contribution in [0.5, 0.6) is 10.8 Å². The van der Waals surface area contributed by atoms with E-state index in [1.807, 2.05) is 49.6 Å². The summed E-state index contributed by atoms with van der Waals surface area (Å²) in [6, 6.07) is 18.5. The lowest BCUT2D eigenvalue weighted by molar-refractivity contribution is 0.496. The first-order valence-electron chi connectivity index (χ1n) is 11.6. The Morgan fingerprint density at radius 2 is 1.97 bits per heavy atom. The van der Waals surface area contributed by atoms with Gasteiger partial charge in [0.15, 0.2) is 0 Å². The molecule has 2 N–H and O–H groups in total. The molecule has 174 valence electrons. The number of benzene rings is 1. The first-order valence-corrected chi connectivity index (χ1v) is 12.4. The maximum Gasteiger partial charge on any atom is 0.208 e. The molecular formula is C26H28N6OS. The van der Waals surface area contributed by atoms with Crippen LogP contribution in [0.2, 0.25) is 0 Å². The Hall–Kier alpha value is -3.49. The van der Waals surface area contributed by atoms with E-state index in [1.165, 1.54) is 0 Å². The van der Waals surface area contributed by atoms with Crippen molar-refractivity contribution in [2.24, 2.45) is 0 Å². The minimum Gasteiger partial charge on any atom is -0.444 e. The summed E-state index contributed by atoms with van der Waals surface area (Å²) in [4.78, 5) is 16.2. The van der Waals surface area contributed by atoms with Gasteiger partial charge in [-0.1, -0.05) is 48.6 Å². The van der Waals surface area contributed by atoms with Gasteiger partial charge in [-0.25, -0.2) is 15.0 Å². The molecule has 0 saturated carbocycles. The number of aromatic nitrogens is 3. The summed E-state index contributed by atoms with van der Waals surface area (Å²) in [5.41, 5.74) is 3.05. The first kappa shape index (κ1) is 22.3. The van der Waals surface area contributed by atoms with E-state index < -0.39 is 0 Å². The van der Waals surface area contributed by atoms with Crippen molar-refractivity contribution >= 4 is 28.7 Å². The van der Waals surface area contributed by atoms with Gasteiger partial charge in [-0.2, -0.15) is 0 Å². The highest BCUT2D eigenvalue weighted by atomic mass is 32.1. The van der Waals surface area contributed by atoms with Crippen molar-refractivity contribution < 1.29 is 4.74 Å². The molecule has 7 nitrogen and oxygen atoms in total. The van der Waals surface area contributed by atoms with E-state index in [4.69, 9.17) is 9.72 Å². The number of ether oxygens (including phenoxy) is 1. The predicted molar refractivity (Wildman–Crippen MR) is 138 cm³/mol. The number of hydrogen-bond acceptors (Lipinski definition) is 8. The molecule has 0 bridgehead atoms. The van der Waals surface area contributed by atoms with Crippen molar-refractivity contribution in [2.75, 3.05) is 30.4 Å². The van der Waals surface area contributed by atoms with E-state index >= 15 is 0 Å². The summed E-state index contributed by atoms with van der Waals surface area (Å²) in [6.45, 7) is 4.16. The molecule has 3 aromatic heterocycles. The largest absolute Gasteiger partial charge is 0.444 e. The summed E-state index contributed by atoms with van der Waals surface area (Å²) < 4.78 is 6.28. The van der Waals surface area contributed by atoms with E-state index in [-0.39, 0.29) is 0 Å². The van der Waals surface area contributed by atoms with Crippen molar-refractivity contribution in [1.82, 2.24) is 20.3 Å². The van der Waals surface area contributed by atoms with Crippen LogP contribution >= 0.6 is 11.3 Å². The normalized spacial score (nSPS) is 15.5. The van der Waals surface area contributed by atoms with E-state index in [2.05, 4.69) is 50.6 Å². The molecule has 0 radical (unpaired) electrons. The van der Waals surface area contributed by atoms with Gasteiger partial charge in [0.05, 0.1) is 16.9 Å². The number of thiazole rings is 1. The molecule has 1 atom stereocenters. The maximum absolute atomic E-state index is 6.28. The van der Waals surface area contributed by atoms with Gasteiger partial charge in [-0.3, -0.25) is 0 Å². The number of nitrogens with zero attached hydrogens (tertiary/aromatic N) is 4. The summed E-state index contributed by atoms with van der Waals surface area (Å²) in [7, 11) is 2.02. The second-order valence-corrected chi connectivity index (χ2v) is 9.24. The lowest BCUT2D eigenvalue weighted by Crippen LogP contribution is -2.29. The van der Waals surface area contributed by atoms with E-state index in [9.17, 15) is 0 Å². The first-order chi connectivity index (χ1) is 16.7. The number of anilines is 3. The summed E-state index contributed by atoms with van der Waals surface area (Å²) in [5.74, 6) is 2.12. The van der Waals surface area contributed by atoms with Gasteiger partial charge < -0.3 is 20.3 Å². The van der Waals surface area contributed by atoms with Crippen molar-refractivity contribution in [3.05, 3.63) is 72.0 Å². The van der Waals surface area contributed by atoms with Gasteiger partial charge in [-0.15, -0.1) is 0 Å². The molecule has 1 aliphatic heterocycles. The smallest absolute Gasteiger partial charge is 0.208 e. The molecule has 0 spiro atoms. The fourth-order valence-corrected chi connectivity index (χ4v) is 4.90. The molecule has 1 unspecified atom stereocenters. The van der Waals surface area contributed by atoms with E-state index in [0.717, 1.165) is 58.8 Å². The standard InChI is InChI=1S/C26H28N6OS/c1-3-24-31-25(18-7-5-4-6-8-18)26(34-24)33-21-11-13-28-23(15-21)30-22-10-9-20(16-29-22)32-14-12-19(17-32)27-2/h4-11,13,15-16,19,27H,3,12,14,17H2,1-2H3,(H,28,29,30). The Morgan fingerprint density at radius 1 is 1.09 bits per heavy atom. The monoisotopic (exact) mass is 472 g/mol. The Morgan fingerprint density at radius 3 is 2.71 bits per heavy atom. The highest BCUT2D eigenvalue weighted by Gasteiger charge is 2.21. The molecule has 1 aliphatic rings. The lowest BCUT2D eigenvalue weighted by Gasteiger charge is -2.18. The second-order valence-electron chi connectivity index (χ2n) is 8.19. The average molecular weight is 473 g/mol. The van der Waals surface area contributed by atoms with Gasteiger partial charge >= 0.3 is 0 Å². The van der Waals surface area contributed by atoms with Crippen LogP contribution in [0, 0.1) is 0 Å². The molecular weight excluding hydrogens is 444 g/mol. The van der Waals surface area contributed by atoms with Crippen LogP contribution in [-0.2, 0) is 6.42 Å².